The number of ether oxygens (including phenoxy) is 1. The molecule has 0 spiro atoms. The highest BCUT2D eigenvalue weighted by Crippen LogP contribution is 2.32. The van der Waals surface area contributed by atoms with E-state index < -0.39 is 10.0 Å². The molecule has 5 nitrogen and oxygen atoms in total. The van der Waals surface area contributed by atoms with Crippen LogP contribution in [0.3, 0.4) is 0 Å². The van der Waals surface area contributed by atoms with Gasteiger partial charge >= 0.3 is 0 Å². The number of hydrogen-bond acceptors (Lipinski definition) is 4. The van der Waals surface area contributed by atoms with Crippen molar-refractivity contribution in [2.75, 3.05) is 20.2 Å². The first kappa shape index (κ1) is 15.6. The van der Waals surface area contributed by atoms with Gasteiger partial charge in [-0.2, -0.15) is 4.31 Å². The first-order valence-electron chi connectivity index (χ1n) is 6.56. The number of hydrogen-bond donors (Lipinski definition) is 1. The van der Waals surface area contributed by atoms with Crippen LogP contribution in [0, 0.1) is 0 Å². The van der Waals surface area contributed by atoms with E-state index in [1.807, 2.05) is 0 Å². The molecular weight excluding hydrogens is 300 g/mol. The summed E-state index contributed by atoms with van der Waals surface area (Å²) >= 11 is 5.88. The maximum atomic E-state index is 12.8. The SMILES string of the molecule is COc1cc(Cl)ccc1S(=O)(=O)N1CCCCC1CN. The minimum atomic E-state index is -3.61. The molecule has 1 atom stereocenters. The van der Waals surface area contributed by atoms with E-state index in [4.69, 9.17) is 22.1 Å². The Kier molecular flexibility index (Phi) is 4.90. The lowest BCUT2D eigenvalue weighted by molar-refractivity contribution is 0.256. The number of benzene rings is 1. The lowest BCUT2D eigenvalue weighted by Gasteiger charge is -2.34. The van der Waals surface area contributed by atoms with Gasteiger partial charge in [-0.1, -0.05) is 18.0 Å². The maximum Gasteiger partial charge on any atom is 0.247 e. The summed E-state index contributed by atoms with van der Waals surface area (Å²) in [7, 11) is -2.18. The van der Waals surface area contributed by atoms with Gasteiger partial charge in [-0.25, -0.2) is 8.42 Å². The second kappa shape index (κ2) is 6.30. The average molecular weight is 319 g/mol. The second-order valence-electron chi connectivity index (χ2n) is 4.80. The minimum Gasteiger partial charge on any atom is -0.495 e. The summed E-state index contributed by atoms with van der Waals surface area (Å²) in [6.07, 6.45) is 2.66. The molecule has 112 valence electrons. The third-order valence-corrected chi connectivity index (χ3v) is 5.78. The van der Waals surface area contributed by atoms with E-state index in [0.29, 0.717) is 18.1 Å². The number of piperidine rings is 1. The molecule has 0 radical (unpaired) electrons. The molecule has 1 unspecified atom stereocenters. The lowest BCUT2D eigenvalue weighted by atomic mass is 10.1. The number of halogens is 1. The van der Waals surface area contributed by atoms with E-state index in [-0.39, 0.29) is 16.7 Å². The van der Waals surface area contributed by atoms with E-state index in [1.54, 1.807) is 6.07 Å². The van der Waals surface area contributed by atoms with Gasteiger partial charge in [0.25, 0.3) is 0 Å². The first-order valence-corrected chi connectivity index (χ1v) is 8.38. The van der Waals surface area contributed by atoms with Crippen molar-refractivity contribution >= 4 is 21.6 Å². The molecule has 1 heterocycles. The van der Waals surface area contributed by atoms with Crippen LogP contribution in [0.4, 0.5) is 0 Å². The van der Waals surface area contributed by atoms with E-state index >= 15 is 0 Å². The zero-order valence-corrected chi connectivity index (χ0v) is 13.0. The van der Waals surface area contributed by atoms with Crippen molar-refractivity contribution in [3.05, 3.63) is 23.2 Å². The van der Waals surface area contributed by atoms with Crippen LogP contribution in [0.5, 0.6) is 5.75 Å². The van der Waals surface area contributed by atoms with Crippen LogP contribution in [0.1, 0.15) is 19.3 Å². The molecule has 2 rings (SSSR count). The number of nitrogens with zero attached hydrogens (tertiary/aromatic N) is 1. The summed E-state index contributed by atoms with van der Waals surface area (Å²) in [6, 6.07) is 4.40. The van der Waals surface area contributed by atoms with Crippen LogP contribution in [0.25, 0.3) is 0 Å². The summed E-state index contributed by atoms with van der Waals surface area (Å²) in [5, 5.41) is 0.440. The molecule has 2 N–H and O–H groups in total. The molecule has 7 heteroatoms. The van der Waals surface area contributed by atoms with Crippen LogP contribution in [0.2, 0.25) is 5.02 Å². The molecule has 0 amide bonds. The van der Waals surface area contributed by atoms with Gasteiger partial charge in [0, 0.05) is 30.2 Å². The molecule has 0 aliphatic carbocycles. The number of methoxy groups -OCH3 is 1. The number of rotatable bonds is 4. The lowest BCUT2D eigenvalue weighted by Crippen LogP contribution is -2.47. The average Bonchev–Trinajstić information content (AvgIpc) is 2.46. The van der Waals surface area contributed by atoms with Gasteiger partial charge in [0.1, 0.15) is 10.6 Å². The molecule has 0 bridgehead atoms. The third kappa shape index (κ3) is 2.93. The van der Waals surface area contributed by atoms with Crippen molar-refractivity contribution in [1.82, 2.24) is 4.31 Å². The molecule has 1 aromatic carbocycles. The Labute approximate surface area is 124 Å². The molecule has 20 heavy (non-hydrogen) atoms. The van der Waals surface area contributed by atoms with Crippen molar-refractivity contribution in [2.45, 2.75) is 30.2 Å². The monoisotopic (exact) mass is 318 g/mol. The van der Waals surface area contributed by atoms with Gasteiger partial charge < -0.3 is 10.5 Å². The van der Waals surface area contributed by atoms with Gasteiger partial charge in [0.15, 0.2) is 0 Å². The summed E-state index contributed by atoms with van der Waals surface area (Å²) in [4.78, 5) is 0.143. The summed E-state index contributed by atoms with van der Waals surface area (Å²) in [5.41, 5.74) is 5.70. The van der Waals surface area contributed by atoms with Gasteiger partial charge in [-0.15, -0.1) is 0 Å². The van der Waals surface area contributed by atoms with Crippen molar-refractivity contribution in [3.8, 4) is 5.75 Å². The molecule has 1 saturated heterocycles. The Hall–Kier alpha value is -0.820. The Morgan fingerprint density at radius 3 is 2.85 bits per heavy atom. The quantitative estimate of drug-likeness (QED) is 0.919. The summed E-state index contributed by atoms with van der Waals surface area (Å²) < 4.78 is 32.2. The highest BCUT2D eigenvalue weighted by atomic mass is 35.5. The van der Waals surface area contributed by atoms with Crippen molar-refractivity contribution in [2.24, 2.45) is 5.73 Å². The van der Waals surface area contributed by atoms with Crippen LogP contribution in [-0.4, -0.2) is 39.0 Å². The van der Waals surface area contributed by atoms with Crippen LogP contribution in [-0.2, 0) is 10.0 Å². The molecule has 0 saturated carbocycles. The molecular formula is C13H19ClN2O3S. The van der Waals surface area contributed by atoms with Crippen LogP contribution < -0.4 is 10.5 Å². The van der Waals surface area contributed by atoms with E-state index in [1.165, 1.54) is 23.5 Å². The van der Waals surface area contributed by atoms with E-state index in [2.05, 4.69) is 0 Å². The van der Waals surface area contributed by atoms with E-state index in [9.17, 15) is 8.42 Å². The van der Waals surface area contributed by atoms with Crippen molar-refractivity contribution in [1.29, 1.82) is 0 Å². The van der Waals surface area contributed by atoms with E-state index in [0.717, 1.165) is 19.3 Å². The van der Waals surface area contributed by atoms with Gasteiger partial charge in [-0.3, -0.25) is 0 Å². The van der Waals surface area contributed by atoms with Crippen LogP contribution in [0.15, 0.2) is 23.1 Å². The van der Waals surface area contributed by atoms with Crippen LogP contribution >= 0.6 is 11.6 Å². The van der Waals surface area contributed by atoms with Gasteiger partial charge in [0.2, 0.25) is 10.0 Å². The molecule has 1 aliphatic heterocycles. The number of nitrogens with two attached hydrogens (primary N) is 1. The van der Waals surface area contributed by atoms with Crippen molar-refractivity contribution in [3.63, 3.8) is 0 Å². The molecule has 1 fully saturated rings. The normalized spacial score (nSPS) is 20.9. The third-order valence-electron chi connectivity index (χ3n) is 3.56. The Bertz CT molecular complexity index is 577. The molecule has 1 aliphatic rings. The summed E-state index contributed by atoms with van der Waals surface area (Å²) in [6.45, 7) is 0.825. The van der Waals surface area contributed by atoms with Gasteiger partial charge in [-0.05, 0) is 25.0 Å². The van der Waals surface area contributed by atoms with Gasteiger partial charge in [0.05, 0.1) is 7.11 Å². The fourth-order valence-corrected chi connectivity index (χ4v) is 4.51. The Morgan fingerprint density at radius 2 is 2.20 bits per heavy atom. The number of sulfonamides is 1. The Morgan fingerprint density at radius 1 is 1.45 bits per heavy atom. The smallest absolute Gasteiger partial charge is 0.247 e. The molecule has 1 aromatic rings. The predicted octanol–water partition coefficient (Wildman–Crippen LogP) is 1.85. The highest BCUT2D eigenvalue weighted by Gasteiger charge is 2.34. The minimum absolute atomic E-state index is 0.143. The Balaban J connectivity index is 2.43. The zero-order valence-electron chi connectivity index (χ0n) is 11.4. The predicted molar refractivity (Wildman–Crippen MR) is 78.6 cm³/mol. The first-order chi connectivity index (χ1) is 9.50. The standard InChI is InChI=1S/C13H19ClN2O3S/c1-19-12-8-10(14)5-6-13(12)20(17,18)16-7-3-2-4-11(16)9-15/h5-6,8,11H,2-4,7,9,15H2,1H3. The summed E-state index contributed by atoms with van der Waals surface area (Å²) in [5.74, 6) is 0.263. The topological polar surface area (TPSA) is 72.6 Å². The van der Waals surface area contributed by atoms with Crippen molar-refractivity contribution < 1.29 is 13.2 Å². The zero-order chi connectivity index (χ0) is 14.8. The fourth-order valence-electron chi connectivity index (χ4n) is 2.51. The fraction of sp³-hybridized carbons (Fsp3) is 0.538. The second-order valence-corrected chi connectivity index (χ2v) is 7.09. The maximum absolute atomic E-state index is 12.8. The highest BCUT2D eigenvalue weighted by molar-refractivity contribution is 7.89. The largest absolute Gasteiger partial charge is 0.495 e. The molecule has 0 aromatic heterocycles.